The summed E-state index contributed by atoms with van der Waals surface area (Å²) in [6.45, 7) is -0.0629. The van der Waals surface area contributed by atoms with E-state index in [0.29, 0.717) is 11.3 Å². The number of benzene rings is 1. The molecule has 0 bridgehead atoms. The van der Waals surface area contributed by atoms with Crippen LogP contribution in [0.4, 0.5) is 13.2 Å². The number of nitrogens with zero attached hydrogens (tertiary/aromatic N) is 9. The highest BCUT2D eigenvalue weighted by atomic mass is 32.2. The SMILES string of the molecule is COc1ccc(Cn2nc(C(F)(F)F)nc2-c2nc3cccnn3c2-c2cn(S(=O)(=O)N(C)C)cn2)cc1. The Hall–Kier alpha value is -4.31. The van der Waals surface area contributed by atoms with Crippen LogP contribution in [0.3, 0.4) is 0 Å². The molecular weight excluding hydrogens is 527 g/mol. The summed E-state index contributed by atoms with van der Waals surface area (Å²) in [6, 6.07) is 9.94. The summed E-state index contributed by atoms with van der Waals surface area (Å²) in [5.74, 6) is -0.961. The van der Waals surface area contributed by atoms with E-state index in [1.54, 1.807) is 36.4 Å². The summed E-state index contributed by atoms with van der Waals surface area (Å²) in [5.41, 5.74) is 1.16. The van der Waals surface area contributed by atoms with E-state index in [-0.39, 0.29) is 35.1 Å². The van der Waals surface area contributed by atoms with E-state index < -0.39 is 22.2 Å². The molecule has 0 aliphatic heterocycles. The molecule has 0 radical (unpaired) electrons. The van der Waals surface area contributed by atoms with Crippen molar-refractivity contribution in [3.05, 3.63) is 66.5 Å². The van der Waals surface area contributed by atoms with E-state index in [0.717, 1.165) is 19.3 Å². The van der Waals surface area contributed by atoms with E-state index in [4.69, 9.17) is 4.74 Å². The fraction of sp³-hybridized carbons (Fsp3) is 0.227. The van der Waals surface area contributed by atoms with E-state index >= 15 is 0 Å². The second-order valence-corrected chi connectivity index (χ2v) is 10.3. The molecule has 0 aliphatic rings. The van der Waals surface area contributed by atoms with Gasteiger partial charge in [0, 0.05) is 20.3 Å². The zero-order valence-electron chi connectivity index (χ0n) is 20.2. The van der Waals surface area contributed by atoms with Gasteiger partial charge in [0.15, 0.2) is 11.5 Å². The predicted molar refractivity (Wildman–Crippen MR) is 128 cm³/mol. The number of imidazole rings is 2. The normalized spacial score (nSPS) is 12.5. The van der Waals surface area contributed by atoms with Crippen molar-refractivity contribution in [1.82, 2.24) is 42.6 Å². The van der Waals surface area contributed by atoms with Gasteiger partial charge in [-0.05, 0) is 29.8 Å². The molecule has 0 fully saturated rings. The van der Waals surface area contributed by atoms with Crippen LogP contribution in [0, 0.1) is 0 Å². The van der Waals surface area contributed by atoms with Crippen LogP contribution in [-0.2, 0) is 22.9 Å². The third-order valence-electron chi connectivity index (χ3n) is 5.55. The average molecular weight is 548 g/mol. The lowest BCUT2D eigenvalue weighted by Gasteiger charge is -2.10. The van der Waals surface area contributed by atoms with Crippen molar-refractivity contribution >= 4 is 15.9 Å². The van der Waals surface area contributed by atoms with E-state index in [9.17, 15) is 21.6 Å². The molecule has 12 nitrogen and oxygen atoms in total. The number of fused-ring (bicyclic) bond motifs is 1. The molecule has 0 amide bonds. The molecule has 5 aromatic rings. The minimum atomic E-state index is -4.82. The number of hydrogen-bond acceptors (Lipinski definition) is 8. The van der Waals surface area contributed by atoms with Gasteiger partial charge in [-0.25, -0.2) is 28.1 Å². The van der Waals surface area contributed by atoms with Gasteiger partial charge in [0.2, 0.25) is 0 Å². The number of halogens is 3. The molecular formula is C22H20F3N9O3S. The Balaban J connectivity index is 1.71. The standard InChI is InChI=1S/C22H20F3N9O3S/c1-31(2)38(35,36)32-12-16(26-13-32)19-18(28-17-5-4-10-27-34(17)19)20-29-21(22(23,24)25)30-33(20)11-14-6-8-15(37-3)9-7-14/h4-10,12-13H,11H2,1-3H3. The molecule has 198 valence electrons. The Morgan fingerprint density at radius 1 is 1.08 bits per heavy atom. The van der Waals surface area contributed by atoms with Crippen molar-refractivity contribution in [3.63, 3.8) is 0 Å². The van der Waals surface area contributed by atoms with Crippen LogP contribution in [0.2, 0.25) is 0 Å². The predicted octanol–water partition coefficient (Wildman–Crippen LogP) is 2.58. The molecule has 4 aromatic heterocycles. The quantitative estimate of drug-likeness (QED) is 0.305. The van der Waals surface area contributed by atoms with E-state index in [1.165, 1.54) is 38.1 Å². The van der Waals surface area contributed by atoms with Gasteiger partial charge in [-0.3, -0.25) is 0 Å². The summed E-state index contributed by atoms with van der Waals surface area (Å²) in [4.78, 5) is 12.5. The fourth-order valence-corrected chi connectivity index (χ4v) is 4.45. The molecule has 1 aromatic carbocycles. The lowest BCUT2D eigenvalue weighted by Crippen LogP contribution is -2.27. The van der Waals surface area contributed by atoms with Gasteiger partial charge in [-0.2, -0.15) is 31.0 Å². The minimum absolute atomic E-state index is 0.00675. The molecule has 0 spiro atoms. The van der Waals surface area contributed by atoms with Crippen LogP contribution in [0.1, 0.15) is 11.4 Å². The van der Waals surface area contributed by atoms with Crippen molar-refractivity contribution < 1.29 is 26.3 Å². The topological polar surface area (TPSA) is 125 Å². The molecule has 4 heterocycles. The first-order chi connectivity index (χ1) is 18.0. The number of alkyl halides is 3. The zero-order valence-corrected chi connectivity index (χ0v) is 21.0. The van der Waals surface area contributed by atoms with Crippen LogP contribution in [0.15, 0.2) is 55.1 Å². The Labute approximate surface area is 214 Å². The molecule has 0 atom stereocenters. The van der Waals surface area contributed by atoms with Crippen LogP contribution in [-0.4, -0.2) is 72.2 Å². The molecule has 0 saturated heterocycles. The highest BCUT2D eigenvalue weighted by Crippen LogP contribution is 2.34. The number of aromatic nitrogens is 8. The van der Waals surface area contributed by atoms with Gasteiger partial charge < -0.3 is 4.74 Å². The first-order valence-corrected chi connectivity index (χ1v) is 12.3. The van der Waals surface area contributed by atoms with Crippen molar-refractivity contribution in [2.45, 2.75) is 12.7 Å². The molecule has 38 heavy (non-hydrogen) atoms. The van der Waals surface area contributed by atoms with Crippen LogP contribution in [0.5, 0.6) is 5.75 Å². The second kappa shape index (κ2) is 9.21. The van der Waals surface area contributed by atoms with E-state index in [1.807, 2.05) is 0 Å². The molecule has 0 unspecified atom stereocenters. The Morgan fingerprint density at radius 3 is 2.47 bits per heavy atom. The van der Waals surface area contributed by atoms with Gasteiger partial charge >= 0.3 is 16.4 Å². The minimum Gasteiger partial charge on any atom is -0.497 e. The maximum atomic E-state index is 13.7. The summed E-state index contributed by atoms with van der Waals surface area (Å²) < 4.78 is 75.7. The number of methoxy groups -OCH3 is 1. The van der Waals surface area contributed by atoms with Crippen LogP contribution >= 0.6 is 0 Å². The monoisotopic (exact) mass is 547 g/mol. The number of ether oxygens (including phenoxy) is 1. The summed E-state index contributed by atoms with van der Waals surface area (Å²) >= 11 is 0. The lowest BCUT2D eigenvalue weighted by molar-refractivity contribution is -0.144. The molecule has 0 saturated carbocycles. The van der Waals surface area contributed by atoms with Crippen LogP contribution in [0.25, 0.3) is 28.6 Å². The number of rotatable bonds is 7. The molecule has 0 N–H and O–H groups in total. The van der Waals surface area contributed by atoms with Crippen molar-refractivity contribution in [2.24, 2.45) is 0 Å². The Kier molecular flexibility index (Phi) is 6.15. The van der Waals surface area contributed by atoms with Crippen molar-refractivity contribution in [2.75, 3.05) is 21.2 Å². The Bertz CT molecular complexity index is 1720. The van der Waals surface area contributed by atoms with Gasteiger partial charge in [-0.1, -0.05) is 12.1 Å². The maximum Gasteiger partial charge on any atom is 0.453 e. The zero-order chi connectivity index (χ0) is 27.2. The molecule has 16 heteroatoms. The summed E-state index contributed by atoms with van der Waals surface area (Å²) in [7, 11) is 0.317. The van der Waals surface area contributed by atoms with Crippen molar-refractivity contribution in [1.29, 1.82) is 0 Å². The second-order valence-electron chi connectivity index (χ2n) is 8.24. The third kappa shape index (κ3) is 4.47. The third-order valence-corrected chi connectivity index (χ3v) is 7.21. The van der Waals surface area contributed by atoms with Gasteiger partial charge in [0.05, 0.1) is 19.9 Å². The summed E-state index contributed by atoms with van der Waals surface area (Å²) in [6.07, 6.45) is -1.05. The van der Waals surface area contributed by atoms with Crippen molar-refractivity contribution in [3.8, 4) is 28.7 Å². The van der Waals surface area contributed by atoms with Gasteiger partial charge in [-0.15, -0.1) is 5.10 Å². The smallest absolute Gasteiger partial charge is 0.453 e. The average Bonchev–Trinajstić information content (AvgIpc) is 3.60. The molecule has 0 aliphatic carbocycles. The highest BCUT2D eigenvalue weighted by Gasteiger charge is 2.38. The van der Waals surface area contributed by atoms with Gasteiger partial charge in [0.1, 0.15) is 29.2 Å². The molecule has 5 rings (SSSR count). The largest absolute Gasteiger partial charge is 0.497 e. The Morgan fingerprint density at radius 2 is 1.82 bits per heavy atom. The highest BCUT2D eigenvalue weighted by molar-refractivity contribution is 7.87. The van der Waals surface area contributed by atoms with Crippen LogP contribution < -0.4 is 4.74 Å². The fourth-order valence-electron chi connectivity index (χ4n) is 3.67. The van der Waals surface area contributed by atoms with E-state index in [2.05, 4.69) is 25.1 Å². The number of hydrogen-bond donors (Lipinski definition) is 0. The maximum absolute atomic E-state index is 13.7. The summed E-state index contributed by atoms with van der Waals surface area (Å²) in [5, 5.41) is 7.97. The lowest BCUT2D eigenvalue weighted by atomic mass is 10.2. The first-order valence-electron chi connectivity index (χ1n) is 11.0. The van der Waals surface area contributed by atoms with Gasteiger partial charge in [0.25, 0.3) is 5.82 Å². The first kappa shape index (κ1) is 25.3.